The molecule has 0 spiro atoms. The van der Waals surface area contributed by atoms with Crippen molar-refractivity contribution in [1.82, 2.24) is 0 Å². The molecule has 0 radical (unpaired) electrons. The highest BCUT2D eigenvalue weighted by Crippen LogP contribution is 2.34. The Hall–Kier alpha value is -2.03. The van der Waals surface area contributed by atoms with Crippen LogP contribution >= 0.6 is 0 Å². The first-order chi connectivity index (χ1) is 13.7. The third-order valence-electron chi connectivity index (χ3n) is 5.25. The zero-order valence-electron chi connectivity index (χ0n) is 17.6. The molecule has 1 heterocycles. The van der Waals surface area contributed by atoms with E-state index in [0.29, 0.717) is 0 Å². The first-order valence-corrected chi connectivity index (χ1v) is 11.0. The molecule has 3 nitrogen and oxygen atoms in total. The number of hydrogen-bond acceptors (Lipinski definition) is 3. The topological polar surface area (TPSA) is 39.4 Å². The number of ether oxygens (including phenoxy) is 1. The van der Waals surface area contributed by atoms with Crippen molar-refractivity contribution in [2.24, 2.45) is 0 Å². The maximum atomic E-state index is 11.6. The van der Waals surface area contributed by atoms with Gasteiger partial charge in [0.1, 0.15) is 6.10 Å². The fourth-order valence-electron chi connectivity index (χ4n) is 3.70. The van der Waals surface area contributed by atoms with Gasteiger partial charge in [-0.1, -0.05) is 95.0 Å². The molecule has 0 bridgehead atoms. The Balaban J connectivity index is 1.79. The number of carbonyl (C=O) groups excluding carboxylic acids is 1. The van der Waals surface area contributed by atoms with E-state index in [4.69, 9.17) is 9.15 Å². The van der Waals surface area contributed by atoms with Crippen LogP contribution in [0.5, 0.6) is 0 Å². The van der Waals surface area contributed by atoms with E-state index in [0.717, 1.165) is 29.5 Å². The van der Waals surface area contributed by atoms with Crippen LogP contribution in [0.25, 0.3) is 11.1 Å². The molecule has 0 fully saturated rings. The van der Waals surface area contributed by atoms with Crippen molar-refractivity contribution in [3.63, 3.8) is 0 Å². The van der Waals surface area contributed by atoms with E-state index < -0.39 is 0 Å². The molecular weight excluding hydrogens is 348 g/mol. The fourth-order valence-corrected chi connectivity index (χ4v) is 3.70. The third-order valence-corrected chi connectivity index (χ3v) is 5.25. The standard InChI is InChI=1S/C25H36O3/c1-3-4-5-6-7-8-9-10-11-15-18-25(28-21(2)26)24-20-27-19-23(24)22-16-13-12-14-17-22/h12-14,16-17,19-20,25H,3-11,15,18H2,1-2H3. The number of hydrogen-bond donors (Lipinski definition) is 0. The van der Waals surface area contributed by atoms with Gasteiger partial charge in [0, 0.05) is 18.1 Å². The molecule has 0 aliphatic carbocycles. The summed E-state index contributed by atoms with van der Waals surface area (Å²) < 4.78 is 11.1. The van der Waals surface area contributed by atoms with Crippen molar-refractivity contribution in [2.45, 2.75) is 90.6 Å². The van der Waals surface area contributed by atoms with Crippen LogP contribution in [-0.2, 0) is 9.53 Å². The van der Waals surface area contributed by atoms with Crippen LogP contribution in [0.4, 0.5) is 0 Å². The molecule has 0 saturated carbocycles. The molecule has 28 heavy (non-hydrogen) atoms. The van der Waals surface area contributed by atoms with Crippen LogP contribution in [0, 0.1) is 0 Å². The molecule has 2 rings (SSSR count). The Bertz CT molecular complexity index is 659. The van der Waals surface area contributed by atoms with Gasteiger partial charge in [0.2, 0.25) is 0 Å². The zero-order chi connectivity index (χ0) is 20.0. The summed E-state index contributed by atoms with van der Waals surface area (Å²) >= 11 is 0. The fraction of sp³-hybridized carbons (Fsp3) is 0.560. The maximum absolute atomic E-state index is 11.6. The second kappa shape index (κ2) is 13.2. The second-order valence-corrected chi connectivity index (χ2v) is 7.68. The lowest BCUT2D eigenvalue weighted by Crippen LogP contribution is -2.09. The molecule has 1 unspecified atom stereocenters. The van der Waals surface area contributed by atoms with Crippen LogP contribution in [0.2, 0.25) is 0 Å². The van der Waals surface area contributed by atoms with E-state index in [2.05, 4.69) is 19.1 Å². The molecule has 0 aliphatic heterocycles. The summed E-state index contributed by atoms with van der Waals surface area (Å²) in [7, 11) is 0. The monoisotopic (exact) mass is 384 g/mol. The van der Waals surface area contributed by atoms with E-state index in [1.807, 2.05) is 18.2 Å². The lowest BCUT2D eigenvalue weighted by molar-refractivity contribution is -0.147. The Kier molecular flexibility index (Phi) is 10.5. The van der Waals surface area contributed by atoms with Gasteiger partial charge in [0.05, 0.1) is 12.5 Å². The molecule has 2 aromatic rings. The number of carbonyl (C=O) groups is 1. The molecule has 0 amide bonds. The van der Waals surface area contributed by atoms with E-state index in [-0.39, 0.29) is 12.1 Å². The molecule has 1 aromatic heterocycles. The van der Waals surface area contributed by atoms with Crippen molar-refractivity contribution < 1.29 is 13.9 Å². The molecule has 0 saturated heterocycles. The highest BCUT2D eigenvalue weighted by atomic mass is 16.5. The quantitative estimate of drug-likeness (QED) is 0.246. The lowest BCUT2D eigenvalue weighted by atomic mass is 9.97. The summed E-state index contributed by atoms with van der Waals surface area (Å²) in [5.74, 6) is -0.239. The number of furan rings is 1. The van der Waals surface area contributed by atoms with Gasteiger partial charge in [-0.3, -0.25) is 4.79 Å². The molecule has 154 valence electrons. The van der Waals surface area contributed by atoms with E-state index in [9.17, 15) is 4.79 Å². The zero-order valence-corrected chi connectivity index (χ0v) is 17.6. The van der Waals surface area contributed by atoms with Crippen LogP contribution in [-0.4, -0.2) is 5.97 Å². The summed E-state index contributed by atoms with van der Waals surface area (Å²) in [6.45, 7) is 3.74. The van der Waals surface area contributed by atoms with Crippen LogP contribution in [0.3, 0.4) is 0 Å². The largest absolute Gasteiger partial charge is 0.472 e. The van der Waals surface area contributed by atoms with Crippen LogP contribution in [0.1, 0.15) is 96.1 Å². The molecular formula is C25H36O3. The average molecular weight is 385 g/mol. The maximum Gasteiger partial charge on any atom is 0.303 e. The highest BCUT2D eigenvalue weighted by Gasteiger charge is 2.21. The van der Waals surface area contributed by atoms with Crippen molar-refractivity contribution >= 4 is 5.97 Å². The number of rotatable bonds is 14. The number of esters is 1. The summed E-state index contributed by atoms with van der Waals surface area (Å²) in [5, 5.41) is 0. The predicted molar refractivity (Wildman–Crippen MR) is 115 cm³/mol. The number of unbranched alkanes of at least 4 members (excludes halogenated alkanes) is 9. The van der Waals surface area contributed by atoms with Gasteiger partial charge in [-0.25, -0.2) is 0 Å². The van der Waals surface area contributed by atoms with Gasteiger partial charge in [0.25, 0.3) is 0 Å². The Morgan fingerprint density at radius 1 is 0.893 bits per heavy atom. The molecule has 1 aromatic carbocycles. The Morgan fingerprint density at radius 2 is 1.50 bits per heavy atom. The van der Waals surface area contributed by atoms with Crippen molar-refractivity contribution in [3.8, 4) is 11.1 Å². The second-order valence-electron chi connectivity index (χ2n) is 7.68. The van der Waals surface area contributed by atoms with Crippen molar-refractivity contribution in [2.75, 3.05) is 0 Å². The Morgan fingerprint density at radius 3 is 2.11 bits per heavy atom. The minimum atomic E-state index is -0.239. The predicted octanol–water partition coefficient (Wildman–Crippen LogP) is 7.86. The molecule has 0 N–H and O–H groups in total. The van der Waals surface area contributed by atoms with Gasteiger partial charge < -0.3 is 9.15 Å². The smallest absolute Gasteiger partial charge is 0.303 e. The van der Waals surface area contributed by atoms with Gasteiger partial charge in [0.15, 0.2) is 0 Å². The minimum Gasteiger partial charge on any atom is -0.472 e. The summed E-state index contributed by atoms with van der Waals surface area (Å²) in [4.78, 5) is 11.6. The van der Waals surface area contributed by atoms with Crippen LogP contribution < -0.4 is 0 Å². The lowest BCUT2D eigenvalue weighted by Gasteiger charge is -2.17. The Labute approximate surface area is 170 Å². The van der Waals surface area contributed by atoms with E-state index in [1.54, 1.807) is 12.5 Å². The third kappa shape index (κ3) is 7.92. The summed E-state index contributed by atoms with van der Waals surface area (Å²) in [6, 6.07) is 10.1. The molecule has 1 atom stereocenters. The first kappa shape index (κ1) is 22.3. The summed E-state index contributed by atoms with van der Waals surface area (Å²) in [5.41, 5.74) is 3.07. The molecule has 0 aliphatic rings. The molecule has 3 heteroatoms. The van der Waals surface area contributed by atoms with Gasteiger partial charge in [-0.05, 0) is 18.4 Å². The van der Waals surface area contributed by atoms with Gasteiger partial charge in [-0.2, -0.15) is 0 Å². The van der Waals surface area contributed by atoms with Gasteiger partial charge >= 0.3 is 5.97 Å². The highest BCUT2D eigenvalue weighted by molar-refractivity contribution is 5.69. The first-order valence-electron chi connectivity index (χ1n) is 11.0. The SMILES string of the molecule is CCCCCCCCCCCCC(OC(C)=O)c1cocc1-c1ccccc1. The van der Waals surface area contributed by atoms with Crippen molar-refractivity contribution in [3.05, 3.63) is 48.4 Å². The van der Waals surface area contributed by atoms with E-state index >= 15 is 0 Å². The number of benzene rings is 1. The van der Waals surface area contributed by atoms with Crippen molar-refractivity contribution in [1.29, 1.82) is 0 Å². The minimum absolute atomic E-state index is 0.236. The average Bonchev–Trinajstić information content (AvgIpc) is 3.18. The van der Waals surface area contributed by atoms with Crippen LogP contribution in [0.15, 0.2) is 47.3 Å². The normalized spacial score (nSPS) is 12.1. The van der Waals surface area contributed by atoms with Gasteiger partial charge in [-0.15, -0.1) is 0 Å². The van der Waals surface area contributed by atoms with E-state index in [1.165, 1.54) is 64.7 Å². The summed E-state index contributed by atoms with van der Waals surface area (Å²) in [6.07, 6.45) is 17.1.